The van der Waals surface area contributed by atoms with Gasteiger partial charge in [-0.25, -0.2) is 5.01 Å². The van der Waals surface area contributed by atoms with Crippen molar-refractivity contribution in [3.63, 3.8) is 0 Å². The highest BCUT2D eigenvalue weighted by Gasteiger charge is 2.21. The molecule has 5 nitrogen and oxygen atoms in total. The Bertz CT molecular complexity index is 899. The van der Waals surface area contributed by atoms with Crippen LogP contribution in [0.1, 0.15) is 25.0 Å². The largest absolute Gasteiger partial charge is 0.335 e. The molecular formula is C21H23N5. The summed E-state index contributed by atoms with van der Waals surface area (Å²) in [6.07, 6.45) is 4.78. The van der Waals surface area contributed by atoms with Crippen LogP contribution in [0.4, 0.5) is 5.69 Å². The van der Waals surface area contributed by atoms with Crippen LogP contribution in [-0.4, -0.2) is 27.6 Å². The Morgan fingerprint density at radius 3 is 2.69 bits per heavy atom. The molecule has 1 aromatic heterocycles. The first-order valence-electron chi connectivity index (χ1n) is 8.98. The number of rotatable bonds is 5. The van der Waals surface area contributed by atoms with Gasteiger partial charge in [-0.1, -0.05) is 43.3 Å². The van der Waals surface area contributed by atoms with Crippen molar-refractivity contribution in [1.29, 1.82) is 0 Å². The van der Waals surface area contributed by atoms with E-state index in [0.717, 1.165) is 36.7 Å². The zero-order valence-corrected chi connectivity index (χ0v) is 15.2. The van der Waals surface area contributed by atoms with E-state index in [1.165, 1.54) is 16.7 Å². The first-order valence-corrected chi connectivity index (χ1v) is 8.98. The van der Waals surface area contributed by atoms with E-state index in [4.69, 9.17) is 5.10 Å². The van der Waals surface area contributed by atoms with E-state index in [2.05, 4.69) is 82.5 Å². The monoisotopic (exact) mass is 345 g/mol. The SMILES string of the molecule is CCc1cc(N2CN(Cc3ccccc3)C(C)=N2)ccc1-c1cn[nH]c1. The van der Waals surface area contributed by atoms with Crippen molar-refractivity contribution in [1.82, 2.24) is 15.1 Å². The molecule has 2 aromatic carbocycles. The number of aryl methyl sites for hydroxylation is 1. The van der Waals surface area contributed by atoms with Gasteiger partial charge in [-0.05, 0) is 42.2 Å². The van der Waals surface area contributed by atoms with E-state index in [0.29, 0.717) is 0 Å². The summed E-state index contributed by atoms with van der Waals surface area (Å²) in [5.74, 6) is 1.05. The molecule has 4 rings (SSSR count). The van der Waals surface area contributed by atoms with Crippen LogP contribution in [0, 0.1) is 0 Å². The van der Waals surface area contributed by atoms with Gasteiger partial charge in [-0.3, -0.25) is 5.10 Å². The predicted molar refractivity (Wildman–Crippen MR) is 106 cm³/mol. The van der Waals surface area contributed by atoms with Gasteiger partial charge in [-0.2, -0.15) is 10.2 Å². The second kappa shape index (κ2) is 7.04. The molecule has 2 heterocycles. The molecule has 26 heavy (non-hydrogen) atoms. The van der Waals surface area contributed by atoms with Crippen LogP contribution in [0.3, 0.4) is 0 Å². The Labute approximate surface area is 154 Å². The highest BCUT2D eigenvalue weighted by molar-refractivity contribution is 5.83. The first-order chi connectivity index (χ1) is 12.7. The average molecular weight is 345 g/mol. The molecule has 0 saturated carbocycles. The third kappa shape index (κ3) is 3.20. The molecule has 1 aliphatic heterocycles. The molecule has 1 N–H and O–H groups in total. The lowest BCUT2D eigenvalue weighted by Crippen LogP contribution is -2.29. The third-order valence-corrected chi connectivity index (χ3v) is 4.82. The van der Waals surface area contributed by atoms with E-state index in [1.54, 1.807) is 0 Å². The van der Waals surface area contributed by atoms with Gasteiger partial charge in [0.15, 0.2) is 0 Å². The number of amidine groups is 1. The topological polar surface area (TPSA) is 47.5 Å². The van der Waals surface area contributed by atoms with Crippen LogP contribution in [0.15, 0.2) is 66.0 Å². The number of hydrazone groups is 1. The zero-order valence-electron chi connectivity index (χ0n) is 15.2. The van der Waals surface area contributed by atoms with Gasteiger partial charge in [0.1, 0.15) is 12.5 Å². The highest BCUT2D eigenvalue weighted by atomic mass is 15.6. The molecule has 0 radical (unpaired) electrons. The molecule has 0 amide bonds. The van der Waals surface area contributed by atoms with Crippen molar-refractivity contribution in [3.05, 3.63) is 72.1 Å². The molecule has 0 atom stereocenters. The number of aromatic amines is 1. The summed E-state index contributed by atoms with van der Waals surface area (Å²) in [4.78, 5) is 2.30. The van der Waals surface area contributed by atoms with Gasteiger partial charge in [-0.15, -0.1) is 0 Å². The minimum absolute atomic E-state index is 0.773. The molecule has 1 aliphatic rings. The lowest BCUT2D eigenvalue weighted by molar-refractivity contribution is 0.439. The van der Waals surface area contributed by atoms with Gasteiger partial charge in [0, 0.05) is 18.3 Å². The predicted octanol–water partition coefficient (Wildman–Crippen LogP) is 4.25. The van der Waals surface area contributed by atoms with Crippen LogP contribution >= 0.6 is 0 Å². The fraction of sp³-hybridized carbons (Fsp3) is 0.238. The second-order valence-electron chi connectivity index (χ2n) is 6.55. The first kappa shape index (κ1) is 16.4. The van der Waals surface area contributed by atoms with Crippen LogP contribution in [0.25, 0.3) is 11.1 Å². The Kier molecular flexibility index (Phi) is 4.44. The van der Waals surface area contributed by atoms with E-state index in [-0.39, 0.29) is 0 Å². The van der Waals surface area contributed by atoms with Crippen molar-refractivity contribution in [2.75, 3.05) is 11.7 Å². The average Bonchev–Trinajstić information content (AvgIpc) is 3.33. The van der Waals surface area contributed by atoms with Gasteiger partial charge in [0.05, 0.1) is 11.9 Å². The number of nitrogens with one attached hydrogen (secondary N) is 1. The quantitative estimate of drug-likeness (QED) is 0.752. The second-order valence-corrected chi connectivity index (χ2v) is 6.55. The molecule has 0 unspecified atom stereocenters. The summed E-state index contributed by atoms with van der Waals surface area (Å²) >= 11 is 0. The number of benzene rings is 2. The summed E-state index contributed by atoms with van der Waals surface area (Å²) in [7, 11) is 0. The molecule has 5 heteroatoms. The van der Waals surface area contributed by atoms with Crippen molar-refractivity contribution < 1.29 is 0 Å². The van der Waals surface area contributed by atoms with Gasteiger partial charge in [0.25, 0.3) is 0 Å². The Hall–Kier alpha value is -3.08. The van der Waals surface area contributed by atoms with Gasteiger partial charge >= 0.3 is 0 Å². The van der Waals surface area contributed by atoms with E-state index >= 15 is 0 Å². The summed E-state index contributed by atoms with van der Waals surface area (Å²) in [5, 5.41) is 13.8. The number of hydrogen-bond donors (Lipinski definition) is 1. The molecule has 132 valence electrons. The third-order valence-electron chi connectivity index (χ3n) is 4.82. The Morgan fingerprint density at radius 1 is 1.12 bits per heavy atom. The normalized spacial score (nSPS) is 14.0. The molecule has 0 fully saturated rings. The Morgan fingerprint density at radius 2 is 1.96 bits per heavy atom. The number of anilines is 1. The number of nitrogens with zero attached hydrogens (tertiary/aromatic N) is 4. The van der Waals surface area contributed by atoms with Crippen LogP contribution in [-0.2, 0) is 13.0 Å². The summed E-state index contributed by atoms with van der Waals surface area (Å²) in [6, 6.07) is 17.1. The van der Waals surface area contributed by atoms with Crippen LogP contribution < -0.4 is 5.01 Å². The molecule has 0 spiro atoms. The highest BCUT2D eigenvalue weighted by Crippen LogP contribution is 2.29. The maximum absolute atomic E-state index is 4.76. The summed E-state index contributed by atoms with van der Waals surface area (Å²) < 4.78 is 0. The lowest BCUT2D eigenvalue weighted by atomic mass is 10.00. The van der Waals surface area contributed by atoms with Crippen LogP contribution in [0.2, 0.25) is 0 Å². The molecule has 0 aliphatic carbocycles. The minimum atomic E-state index is 0.773. The lowest BCUT2D eigenvalue weighted by Gasteiger charge is -2.21. The maximum atomic E-state index is 4.76. The maximum Gasteiger partial charge on any atom is 0.124 e. The molecule has 0 bridgehead atoms. The van der Waals surface area contributed by atoms with E-state index in [9.17, 15) is 0 Å². The minimum Gasteiger partial charge on any atom is -0.335 e. The van der Waals surface area contributed by atoms with E-state index in [1.807, 2.05) is 12.4 Å². The van der Waals surface area contributed by atoms with Crippen molar-refractivity contribution in [2.24, 2.45) is 5.10 Å². The zero-order chi connectivity index (χ0) is 17.9. The fourth-order valence-corrected chi connectivity index (χ4v) is 3.35. The summed E-state index contributed by atoms with van der Waals surface area (Å²) in [6.45, 7) is 5.90. The van der Waals surface area contributed by atoms with Crippen molar-refractivity contribution in [2.45, 2.75) is 26.8 Å². The smallest absolute Gasteiger partial charge is 0.124 e. The number of aromatic nitrogens is 2. The van der Waals surface area contributed by atoms with Crippen LogP contribution in [0.5, 0.6) is 0 Å². The number of hydrogen-bond acceptors (Lipinski definition) is 4. The van der Waals surface area contributed by atoms with Crippen molar-refractivity contribution in [3.8, 4) is 11.1 Å². The molecule has 3 aromatic rings. The summed E-state index contributed by atoms with van der Waals surface area (Å²) in [5.41, 5.74) is 6.09. The Balaban J connectivity index is 1.55. The van der Waals surface area contributed by atoms with E-state index < -0.39 is 0 Å². The number of H-pyrrole nitrogens is 1. The van der Waals surface area contributed by atoms with Gasteiger partial charge in [0.2, 0.25) is 0 Å². The molecular weight excluding hydrogens is 322 g/mol. The standard InChI is InChI=1S/C21H23N5/c1-3-18-11-20(9-10-21(18)19-12-22-23-13-19)26-15-25(16(2)24-26)14-17-7-5-4-6-8-17/h4-13H,3,14-15H2,1-2H3,(H,22,23). The van der Waals surface area contributed by atoms with Gasteiger partial charge < -0.3 is 4.90 Å². The fourth-order valence-electron chi connectivity index (χ4n) is 3.35. The van der Waals surface area contributed by atoms with Crippen molar-refractivity contribution >= 4 is 11.5 Å². The molecule has 0 saturated heterocycles.